The van der Waals surface area contributed by atoms with Crippen molar-refractivity contribution in [2.24, 2.45) is 0 Å². The third-order valence-electron chi connectivity index (χ3n) is 6.94. The van der Waals surface area contributed by atoms with E-state index in [4.69, 9.17) is 9.47 Å². The van der Waals surface area contributed by atoms with E-state index in [2.05, 4.69) is 117 Å². The zero-order chi connectivity index (χ0) is 34.3. The van der Waals surface area contributed by atoms with Crippen molar-refractivity contribution in [2.45, 2.75) is 142 Å². The molecule has 1 atom stereocenters. The van der Waals surface area contributed by atoms with E-state index >= 15 is 0 Å². The second kappa shape index (κ2) is 37.1. The SMILES string of the molecule is CC/C=C\C/C=C\C/C=C\C/C=C\C/C=C\C/C=C\CCC(=O)O[C@@H](C)COC(=O)CCCC/C=C\C/C=C\C/C=C\CCCCC. The molecule has 0 aliphatic carbocycles. The lowest BCUT2D eigenvalue weighted by Gasteiger charge is -2.13. The third kappa shape index (κ3) is 36.9. The molecular weight excluding hydrogens is 580 g/mol. The number of esters is 2. The average molecular weight is 647 g/mol. The Kier molecular flexibility index (Phi) is 34.4. The minimum atomic E-state index is -0.440. The fraction of sp³-hybridized carbons (Fsp3) is 0.535. The van der Waals surface area contributed by atoms with Gasteiger partial charge in [0.15, 0.2) is 0 Å². The van der Waals surface area contributed by atoms with Gasteiger partial charge < -0.3 is 9.47 Å². The lowest BCUT2D eigenvalue weighted by Crippen LogP contribution is -2.22. The lowest BCUT2D eigenvalue weighted by atomic mass is 10.1. The Labute approximate surface area is 288 Å². The molecule has 0 fully saturated rings. The Bertz CT molecular complexity index is 1000. The highest BCUT2D eigenvalue weighted by Gasteiger charge is 2.11. The van der Waals surface area contributed by atoms with Gasteiger partial charge in [-0.1, -0.05) is 136 Å². The van der Waals surface area contributed by atoms with Gasteiger partial charge in [-0.2, -0.15) is 0 Å². The molecule has 0 rings (SSSR count). The first-order valence-electron chi connectivity index (χ1n) is 18.3. The lowest BCUT2D eigenvalue weighted by molar-refractivity contribution is -0.158. The topological polar surface area (TPSA) is 52.6 Å². The summed E-state index contributed by atoms with van der Waals surface area (Å²) < 4.78 is 10.7. The number of hydrogen-bond donors (Lipinski definition) is 0. The van der Waals surface area contributed by atoms with Crippen molar-refractivity contribution in [1.29, 1.82) is 0 Å². The van der Waals surface area contributed by atoms with Crippen molar-refractivity contribution in [3.63, 3.8) is 0 Å². The molecule has 0 spiro atoms. The van der Waals surface area contributed by atoms with Crippen LogP contribution >= 0.6 is 0 Å². The number of unbranched alkanes of at least 4 members (excludes halogenated alkanes) is 5. The molecule has 47 heavy (non-hydrogen) atoms. The van der Waals surface area contributed by atoms with Crippen LogP contribution in [0.2, 0.25) is 0 Å². The van der Waals surface area contributed by atoms with Crippen molar-refractivity contribution in [3.05, 3.63) is 109 Å². The summed E-state index contributed by atoms with van der Waals surface area (Å²) >= 11 is 0. The molecule has 0 radical (unpaired) electrons. The summed E-state index contributed by atoms with van der Waals surface area (Å²) in [5.41, 5.74) is 0. The summed E-state index contributed by atoms with van der Waals surface area (Å²) in [6.07, 6.45) is 55.7. The predicted molar refractivity (Wildman–Crippen MR) is 203 cm³/mol. The van der Waals surface area contributed by atoms with Gasteiger partial charge in [0.05, 0.1) is 0 Å². The maximum Gasteiger partial charge on any atom is 0.306 e. The molecule has 0 unspecified atom stereocenters. The van der Waals surface area contributed by atoms with Crippen molar-refractivity contribution >= 4 is 11.9 Å². The molecule has 0 amide bonds. The van der Waals surface area contributed by atoms with Gasteiger partial charge in [-0.3, -0.25) is 9.59 Å². The highest BCUT2D eigenvalue weighted by molar-refractivity contribution is 5.70. The summed E-state index contributed by atoms with van der Waals surface area (Å²) in [6.45, 7) is 6.24. The summed E-state index contributed by atoms with van der Waals surface area (Å²) in [5.74, 6) is -0.505. The monoisotopic (exact) mass is 646 g/mol. The van der Waals surface area contributed by atoms with Crippen LogP contribution in [-0.4, -0.2) is 24.6 Å². The third-order valence-corrected chi connectivity index (χ3v) is 6.94. The van der Waals surface area contributed by atoms with E-state index in [9.17, 15) is 9.59 Å². The van der Waals surface area contributed by atoms with E-state index < -0.39 is 6.10 Å². The number of ether oxygens (including phenoxy) is 2. The molecule has 4 nitrogen and oxygen atoms in total. The highest BCUT2D eigenvalue weighted by Crippen LogP contribution is 2.06. The molecule has 0 bridgehead atoms. The van der Waals surface area contributed by atoms with Crippen LogP contribution in [0.5, 0.6) is 0 Å². The molecule has 0 aromatic heterocycles. The van der Waals surface area contributed by atoms with Crippen LogP contribution < -0.4 is 0 Å². The number of carbonyl (C=O) groups is 2. The second-order valence-electron chi connectivity index (χ2n) is 11.6. The van der Waals surface area contributed by atoms with Crippen molar-refractivity contribution < 1.29 is 19.1 Å². The average Bonchev–Trinajstić information content (AvgIpc) is 3.06. The summed E-state index contributed by atoms with van der Waals surface area (Å²) in [5, 5.41) is 0. The molecular formula is C43H66O4. The summed E-state index contributed by atoms with van der Waals surface area (Å²) in [4.78, 5) is 24.1. The van der Waals surface area contributed by atoms with Gasteiger partial charge in [-0.25, -0.2) is 0 Å². The molecule has 4 heteroatoms. The van der Waals surface area contributed by atoms with Crippen molar-refractivity contribution in [2.75, 3.05) is 6.61 Å². The molecule has 0 aliphatic rings. The van der Waals surface area contributed by atoms with Crippen LogP contribution in [0.25, 0.3) is 0 Å². The fourth-order valence-corrected chi connectivity index (χ4v) is 4.26. The number of rotatable bonds is 30. The zero-order valence-corrected chi connectivity index (χ0v) is 30.0. The molecule has 0 aromatic rings. The number of allylic oxidation sites excluding steroid dienone is 18. The molecule has 0 saturated heterocycles. The Morgan fingerprint density at radius 2 is 0.872 bits per heavy atom. The Hall–Kier alpha value is -3.40. The van der Waals surface area contributed by atoms with E-state index in [-0.39, 0.29) is 18.5 Å². The first-order valence-corrected chi connectivity index (χ1v) is 18.3. The Morgan fingerprint density at radius 1 is 0.468 bits per heavy atom. The van der Waals surface area contributed by atoms with Crippen LogP contribution in [0.4, 0.5) is 0 Å². The van der Waals surface area contributed by atoms with Crippen molar-refractivity contribution in [1.82, 2.24) is 0 Å². The van der Waals surface area contributed by atoms with E-state index in [0.717, 1.165) is 70.6 Å². The highest BCUT2D eigenvalue weighted by atomic mass is 16.6. The standard InChI is InChI=1S/C43H66O4/c1-4-6-8-10-12-14-16-18-20-21-22-23-25-27-29-31-33-35-37-39-43(45)47-41(3)40-46-42(44)38-36-34-32-30-28-26-24-19-17-15-13-11-9-7-5-2/h6,8,12-15,18-20,22-24,27-30,33,35,41H,4-5,7,9-11,16-17,21,25-26,31-32,34,36-40H2,1-3H3/b8-6-,14-12-,15-13-,20-18-,23-22-,24-19-,29-27-,30-28-,35-33-/t41-/m0/s1. The molecule has 262 valence electrons. The van der Waals surface area contributed by atoms with E-state index in [1.165, 1.54) is 25.7 Å². The first kappa shape index (κ1) is 43.6. The van der Waals surface area contributed by atoms with Gasteiger partial charge in [0.2, 0.25) is 0 Å². The van der Waals surface area contributed by atoms with Gasteiger partial charge in [-0.05, 0) is 96.8 Å². The minimum Gasteiger partial charge on any atom is -0.462 e. The minimum absolute atomic E-state index is 0.102. The fourth-order valence-electron chi connectivity index (χ4n) is 4.26. The van der Waals surface area contributed by atoms with Gasteiger partial charge in [0.25, 0.3) is 0 Å². The predicted octanol–water partition coefficient (Wildman–Crippen LogP) is 12.5. The Balaban J connectivity index is 3.72. The van der Waals surface area contributed by atoms with Gasteiger partial charge in [0.1, 0.15) is 12.7 Å². The smallest absolute Gasteiger partial charge is 0.306 e. The second-order valence-corrected chi connectivity index (χ2v) is 11.6. The van der Waals surface area contributed by atoms with Crippen LogP contribution in [0.1, 0.15) is 136 Å². The van der Waals surface area contributed by atoms with E-state index in [1.807, 2.05) is 6.08 Å². The van der Waals surface area contributed by atoms with Crippen molar-refractivity contribution in [3.8, 4) is 0 Å². The zero-order valence-electron chi connectivity index (χ0n) is 30.0. The van der Waals surface area contributed by atoms with Crippen LogP contribution in [0.3, 0.4) is 0 Å². The molecule has 0 aromatic carbocycles. The van der Waals surface area contributed by atoms with E-state index in [0.29, 0.717) is 19.3 Å². The number of carbonyl (C=O) groups excluding carboxylic acids is 2. The maximum absolute atomic E-state index is 12.1. The maximum atomic E-state index is 12.1. The summed E-state index contributed by atoms with van der Waals surface area (Å²) in [7, 11) is 0. The first-order chi connectivity index (χ1) is 23.1. The normalized spacial score (nSPS) is 13.5. The molecule has 0 aliphatic heterocycles. The van der Waals surface area contributed by atoms with E-state index in [1.54, 1.807) is 6.92 Å². The summed E-state index contributed by atoms with van der Waals surface area (Å²) in [6, 6.07) is 0. The quantitative estimate of drug-likeness (QED) is 0.0443. The van der Waals surface area contributed by atoms with Crippen LogP contribution in [0.15, 0.2) is 109 Å². The van der Waals surface area contributed by atoms with Crippen LogP contribution in [0, 0.1) is 0 Å². The molecule has 0 N–H and O–H groups in total. The largest absolute Gasteiger partial charge is 0.462 e. The van der Waals surface area contributed by atoms with Crippen LogP contribution in [-0.2, 0) is 19.1 Å². The molecule has 0 heterocycles. The molecule has 0 saturated carbocycles. The van der Waals surface area contributed by atoms with Gasteiger partial charge >= 0.3 is 11.9 Å². The van der Waals surface area contributed by atoms with Gasteiger partial charge in [0, 0.05) is 12.8 Å². The number of hydrogen-bond acceptors (Lipinski definition) is 4. The van der Waals surface area contributed by atoms with Gasteiger partial charge in [-0.15, -0.1) is 0 Å². The Morgan fingerprint density at radius 3 is 1.32 bits per heavy atom.